The van der Waals surface area contributed by atoms with Crippen molar-refractivity contribution in [1.29, 1.82) is 0 Å². The molecule has 9 heteroatoms. The first-order valence-electron chi connectivity index (χ1n) is 10.1. The number of aromatic nitrogens is 2. The fraction of sp³-hybridized carbons (Fsp3) is 0.130. The number of carbonyl (C=O) groups is 1. The van der Waals surface area contributed by atoms with Crippen LogP contribution >= 0.6 is 11.6 Å². The summed E-state index contributed by atoms with van der Waals surface area (Å²) in [4.78, 5) is 17.2. The van der Waals surface area contributed by atoms with E-state index in [1.54, 1.807) is 6.07 Å². The van der Waals surface area contributed by atoms with Crippen LogP contribution in [0.4, 0.5) is 5.69 Å². The van der Waals surface area contributed by atoms with Gasteiger partial charge in [0.2, 0.25) is 0 Å². The Labute approximate surface area is 190 Å². The molecule has 162 valence electrons. The molecule has 0 bridgehead atoms. The minimum atomic E-state index is -3.87. The molecule has 1 N–H and O–H groups in total. The van der Waals surface area contributed by atoms with Crippen molar-refractivity contribution in [3.05, 3.63) is 89.2 Å². The van der Waals surface area contributed by atoms with E-state index in [0.717, 1.165) is 23.9 Å². The van der Waals surface area contributed by atoms with Crippen LogP contribution in [0.1, 0.15) is 22.3 Å². The Balaban J connectivity index is 1.49. The number of rotatable bonds is 4. The van der Waals surface area contributed by atoms with Gasteiger partial charge in [0, 0.05) is 6.54 Å². The lowest BCUT2D eigenvalue weighted by Crippen LogP contribution is -2.35. The van der Waals surface area contributed by atoms with E-state index >= 15 is 0 Å². The van der Waals surface area contributed by atoms with Gasteiger partial charge < -0.3 is 0 Å². The number of sulfonamides is 1. The monoisotopic (exact) mass is 466 g/mol. The average Bonchev–Trinajstić information content (AvgIpc) is 3.21. The highest BCUT2D eigenvalue weighted by Gasteiger charge is 2.30. The molecular weight excluding hydrogens is 448 g/mol. The number of aryl methyl sites for hydroxylation is 1. The van der Waals surface area contributed by atoms with Crippen LogP contribution in [0.3, 0.4) is 0 Å². The molecule has 1 amide bonds. The number of fused-ring (bicyclic) bond motifs is 2. The predicted octanol–water partition coefficient (Wildman–Crippen LogP) is 4.22. The van der Waals surface area contributed by atoms with Crippen molar-refractivity contribution in [2.24, 2.45) is 0 Å². The first-order chi connectivity index (χ1) is 15.4. The van der Waals surface area contributed by atoms with Gasteiger partial charge in [0.25, 0.3) is 15.9 Å². The SMILES string of the molecule is O=C(Nn1cnc2ccccc21)c1cc(S(=O)(=O)N2CCCc3ccccc32)ccc1Cl. The lowest BCUT2D eigenvalue weighted by atomic mass is 10.0. The number of amides is 1. The van der Waals surface area contributed by atoms with E-state index in [9.17, 15) is 13.2 Å². The number of benzene rings is 3. The van der Waals surface area contributed by atoms with E-state index in [4.69, 9.17) is 11.6 Å². The van der Waals surface area contributed by atoms with Crippen molar-refractivity contribution >= 4 is 44.3 Å². The summed E-state index contributed by atoms with van der Waals surface area (Å²) in [5.41, 5.74) is 5.88. The summed E-state index contributed by atoms with van der Waals surface area (Å²) in [5, 5.41) is 0.157. The Morgan fingerprint density at radius 3 is 2.69 bits per heavy atom. The van der Waals surface area contributed by atoms with Crippen LogP contribution < -0.4 is 9.73 Å². The van der Waals surface area contributed by atoms with Crippen molar-refractivity contribution in [2.75, 3.05) is 16.3 Å². The largest absolute Gasteiger partial charge is 0.271 e. The molecule has 2 heterocycles. The Morgan fingerprint density at radius 1 is 1.03 bits per heavy atom. The molecule has 7 nitrogen and oxygen atoms in total. The molecule has 0 fully saturated rings. The predicted molar refractivity (Wildman–Crippen MR) is 124 cm³/mol. The van der Waals surface area contributed by atoms with Crippen molar-refractivity contribution in [1.82, 2.24) is 9.66 Å². The fourth-order valence-electron chi connectivity index (χ4n) is 3.93. The first-order valence-corrected chi connectivity index (χ1v) is 11.9. The van der Waals surface area contributed by atoms with E-state index in [2.05, 4.69) is 10.4 Å². The summed E-state index contributed by atoms with van der Waals surface area (Å²) < 4.78 is 29.8. The smallest absolute Gasteiger partial charge is 0.267 e. The average molecular weight is 467 g/mol. The molecule has 0 saturated carbocycles. The minimum absolute atomic E-state index is 0.0132. The molecule has 0 saturated heterocycles. The van der Waals surface area contributed by atoms with Crippen LogP contribution in [0.2, 0.25) is 5.02 Å². The number of carbonyl (C=O) groups excluding carboxylic acids is 1. The normalized spacial score (nSPS) is 13.7. The van der Waals surface area contributed by atoms with Crippen molar-refractivity contribution in [3.63, 3.8) is 0 Å². The van der Waals surface area contributed by atoms with Crippen molar-refractivity contribution in [2.45, 2.75) is 17.7 Å². The van der Waals surface area contributed by atoms with Crippen LogP contribution in [0.25, 0.3) is 11.0 Å². The second-order valence-electron chi connectivity index (χ2n) is 7.50. The van der Waals surface area contributed by atoms with E-state index in [1.165, 1.54) is 33.5 Å². The number of nitrogens with one attached hydrogen (secondary N) is 1. The van der Waals surface area contributed by atoms with Crippen LogP contribution in [-0.2, 0) is 16.4 Å². The maximum absolute atomic E-state index is 13.5. The quantitative estimate of drug-likeness (QED) is 0.488. The molecule has 0 aliphatic carbocycles. The van der Waals surface area contributed by atoms with Crippen LogP contribution in [0, 0.1) is 0 Å². The second kappa shape index (κ2) is 7.96. The standard InChI is InChI=1S/C23H19ClN4O3S/c24-19-12-11-17(32(30,31)28-13-5-7-16-6-1-3-9-21(16)28)14-18(19)23(29)26-27-15-25-20-8-2-4-10-22(20)27/h1-4,6,8-12,14-15H,5,7,13H2,(H,26,29). The molecule has 5 rings (SSSR count). The van der Waals surface area contributed by atoms with E-state index < -0.39 is 15.9 Å². The summed E-state index contributed by atoms with van der Waals surface area (Å²) in [6, 6.07) is 19.0. The summed E-state index contributed by atoms with van der Waals surface area (Å²) in [6.45, 7) is 0.379. The van der Waals surface area contributed by atoms with Gasteiger partial charge in [-0.05, 0) is 54.8 Å². The highest BCUT2D eigenvalue weighted by atomic mass is 35.5. The van der Waals surface area contributed by atoms with Crippen molar-refractivity contribution in [3.8, 4) is 0 Å². The number of halogens is 1. The van der Waals surface area contributed by atoms with E-state index in [1.807, 2.05) is 42.5 Å². The van der Waals surface area contributed by atoms with Gasteiger partial charge in [-0.25, -0.2) is 18.1 Å². The highest BCUT2D eigenvalue weighted by Crippen LogP contribution is 2.32. The molecule has 0 unspecified atom stereocenters. The Kier molecular flexibility index (Phi) is 5.11. The molecule has 0 radical (unpaired) electrons. The molecule has 0 atom stereocenters. The van der Waals surface area contributed by atoms with Crippen molar-refractivity contribution < 1.29 is 13.2 Å². The molecule has 0 spiro atoms. The molecular formula is C23H19ClN4O3S. The number of imidazole rings is 1. The number of nitrogens with zero attached hydrogens (tertiary/aromatic N) is 3. The fourth-order valence-corrected chi connectivity index (χ4v) is 5.70. The minimum Gasteiger partial charge on any atom is -0.267 e. The molecule has 1 aliphatic rings. The summed E-state index contributed by atoms with van der Waals surface area (Å²) >= 11 is 6.27. The first kappa shape index (κ1) is 20.5. The zero-order valence-corrected chi connectivity index (χ0v) is 18.5. The highest BCUT2D eigenvalue weighted by molar-refractivity contribution is 7.92. The zero-order chi connectivity index (χ0) is 22.3. The topological polar surface area (TPSA) is 84.3 Å². The number of hydrogen-bond donors (Lipinski definition) is 1. The Morgan fingerprint density at radius 2 is 1.81 bits per heavy atom. The lowest BCUT2D eigenvalue weighted by Gasteiger charge is -2.30. The lowest BCUT2D eigenvalue weighted by molar-refractivity contribution is 0.101. The van der Waals surface area contributed by atoms with E-state index in [-0.39, 0.29) is 15.5 Å². The third-order valence-corrected chi connectivity index (χ3v) is 7.65. The van der Waals surface area contributed by atoms with Gasteiger partial charge in [-0.3, -0.25) is 14.5 Å². The Bertz CT molecular complexity index is 1450. The van der Waals surface area contributed by atoms with Crippen LogP contribution in [0.5, 0.6) is 0 Å². The summed E-state index contributed by atoms with van der Waals surface area (Å²) in [7, 11) is -3.87. The Hall–Kier alpha value is -3.36. The van der Waals surface area contributed by atoms with Gasteiger partial charge in [0.15, 0.2) is 0 Å². The summed E-state index contributed by atoms with van der Waals surface area (Å²) in [5.74, 6) is -0.533. The van der Waals surface area contributed by atoms with E-state index in [0.29, 0.717) is 17.7 Å². The van der Waals surface area contributed by atoms with Gasteiger partial charge in [0.05, 0.1) is 32.2 Å². The number of anilines is 1. The molecule has 32 heavy (non-hydrogen) atoms. The maximum Gasteiger partial charge on any atom is 0.271 e. The second-order valence-corrected chi connectivity index (χ2v) is 9.76. The molecule has 3 aromatic carbocycles. The summed E-state index contributed by atoms with van der Waals surface area (Å²) in [6.07, 6.45) is 3.04. The maximum atomic E-state index is 13.5. The van der Waals surface area contributed by atoms with Gasteiger partial charge in [0.1, 0.15) is 6.33 Å². The van der Waals surface area contributed by atoms with Crippen LogP contribution in [-0.4, -0.2) is 30.5 Å². The number of hydrogen-bond acceptors (Lipinski definition) is 4. The van der Waals surface area contributed by atoms with Gasteiger partial charge >= 0.3 is 0 Å². The van der Waals surface area contributed by atoms with Crippen LogP contribution in [0.15, 0.2) is 78.0 Å². The van der Waals surface area contributed by atoms with Gasteiger partial charge in [-0.2, -0.15) is 0 Å². The zero-order valence-electron chi connectivity index (χ0n) is 16.9. The molecule has 1 aliphatic heterocycles. The molecule has 1 aromatic heterocycles. The molecule has 4 aromatic rings. The third-order valence-electron chi connectivity index (χ3n) is 5.51. The third kappa shape index (κ3) is 3.51. The van der Waals surface area contributed by atoms with Gasteiger partial charge in [-0.1, -0.05) is 41.9 Å². The van der Waals surface area contributed by atoms with Gasteiger partial charge in [-0.15, -0.1) is 0 Å². The number of para-hydroxylation sites is 3.